The van der Waals surface area contributed by atoms with Crippen molar-refractivity contribution in [3.63, 3.8) is 0 Å². The van der Waals surface area contributed by atoms with Gasteiger partial charge in [0.15, 0.2) is 5.96 Å². The van der Waals surface area contributed by atoms with Gasteiger partial charge in [0.05, 0.1) is 6.61 Å². The number of fused-ring (bicyclic) bond motifs is 1. The SMILES string of the molecule is CN=C(NCCOC)NCc1cccc2ccccc12. The molecule has 2 aromatic carbocycles. The molecule has 0 aliphatic carbocycles. The number of nitrogens with zero attached hydrogens (tertiary/aromatic N) is 1. The topological polar surface area (TPSA) is 45.7 Å². The normalized spacial score (nSPS) is 11.6. The van der Waals surface area contributed by atoms with Crippen LogP contribution in [0.4, 0.5) is 0 Å². The Labute approximate surface area is 119 Å². The minimum atomic E-state index is 0.662. The average molecular weight is 271 g/mol. The van der Waals surface area contributed by atoms with E-state index in [9.17, 15) is 0 Å². The van der Waals surface area contributed by atoms with E-state index in [4.69, 9.17) is 4.74 Å². The molecule has 0 aromatic heterocycles. The Hall–Kier alpha value is -2.07. The Morgan fingerprint density at radius 3 is 2.70 bits per heavy atom. The summed E-state index contributed by atoms with van der Waals surface area (Å²) in [6.07, 6.45) is 0. The third-order valence-electron chi connectivity index (χ3n) is 3.15. The van der Waals surface area contributed by atoms with Crippen molar-refractivity contribution in [3.8, 4) is 0 Å². The van der Waals surface area contributed by atoms with Gasteiger partial charge in [0, 0.05) is 27.2 Å². The molecule has 4 heteroatoms. The summed E-state index contributed by atoms with van der Waals surface area (Å²) < 4.78 is 5.01. The summed E-state index contributed by atoms with van der Waals surface area (Å²) in [5, 5.41) is 9.05. The van der Waals surface area contributed by atoms with E-state index in [1.54, 1.807) is 14.2 Å². The van der Waals surface area contributed by atoms with E-state index < -0.39 is 0 Å². The van der Waals surface area contributed by atoms with Crippen LogP contribution in [0.2, 0.25) is 0 Å². The molecule has 0 spiro atoms. The van der Waals surface area contributed by atoms with Crippen molar-refractivity contribution in [1.82, 2.24) is 10.6 Å². The van der Waals surface area contributed by atoms with Crippen molar-refractivity contribution in [3.05, 3.63) is 48.0 Å². The van der Waals surface area contributed by atoms with Gasteiger partial charge in [-0.15, -0.1) is 0 Å². The fraction of sp³-hybridized carbons (Fsp3) is 0.312. The quantitative estimate of drug-likeness (QED) is 0.497. The molecule has 0 atom stereocenters. The van der Waals surface area contributed by atoms with Crippen LogP contribution in [0.25, 0.3) is 10.8 Å². The van der Waals surface area contributed by atoms with E-state index in [-0.39, 0.29) is 0 Å². The predicted molar refractivity (Wildman–Crippen MR) is 84.0 cm³/mol. The van der Waals surface area contributed by atoms with Crippen molar-refractivity contribution < 1.29 is 4.74 Å². The van der Waals surface area contributed by atoms with Crippen molar-refractivity contribution in [2.75, 3.05) is 27.3 Å². The van der Waals surface area contributed by atoms with Crippen LogP contribution in [0.5, 0.6) is 0 Å². The summed E-state index contributed by atoms with van der Waals surface area (Å²) in [7, 11) is 3.46. The number of methoxy groups -OCH3 is 1. The zero-order valence-electron chi connectivity index (χ0n) is 12.0. The molecule has 2 N–H and O–H groups in total. The maximum Gasteiger partial charge on any atom is 0.191 e. The Morgan fingerprint density at radius 2 is 1.90 bits per heavy atom. The van der Waals surface area contributed by atoms with Crippen molar-refractivity contribution in [2.24, 2.45) is 4.99 Å². The zero-order chi connectivity index (χ0) is 14.2. The summed E-state index contributed by atoms with van der Waals surface area (Å²) in [5.41, 5.74) is 1.26. The van der Waals surface area contributed by atoms with E-state index in [1.165, 1.54) is 16.3 Å². The van der Waals surface area contributed by atoms with Crippen LogP contribution in [0.3, 0.4) is 0 Å². The molecule has 0 saturated carbocycles. The van der Waals surface area contributed by atoms with Gasteiger partial charge in [-0.1, -0.05) is 42.5 Å². The molecule has 0 heterocycles. The lowest BCUT2D eigenvalue weighted by Gasteiger charge is -2.12. The molecule has 4 nitrogen and oxygen atoms in total. The lowest BCUT2D eigenvalue weighted by atomic mass is 10.0. The number of ether oxygens (including phenoxy) is 1. The van der Waals surface area contributed by atoms with Gasteiger partial charge in [0.2, 0.25) is 0 Å². The minimum absolute atomic E-state index is 0.662. The molecular weight excluding hydrogens is 250 g/mol. The van der Waals surface area contributed by atoms with Gasteiger partial charge in [0.25, 0.3) is 0 Å². The first-order chi connectivity index (χ1) is 9.85. The lowest BCUT2D eigenvalue weighted by Crippen LogP contribution is -2.38. The van der Waals surface area contributed by atoms with Crippen LogP contribution in [-0.2, 0) is 11.3 Å². The highest BCUT2D eigenvalue weighted by molar-refractivity contribution is 5.86. The van der Waals surface area contributed by atoms with Gasteiger partial charge in [-0.05, 0) is 16.3 Å². The molecule has 0 saturated heterocycles. The molecule has 0 aliphatic rings. The fourth-order valence-electron chi connectivity index (χ4n) is 2.12. The molecule has 20 heavy (non-hydrogen) atoms. The van der Waals surface area contributed by atoms with Gasteiger partial charge in [-0.25, -0.2) is 0 Å². The number of benzene rings is 2. The van der Waals surface area contributed by atoms with Crippen LogP contribution in [0.1, 0.15) is 5.56 Å². The van der Waals surface area contributed by atoms with Gasteiger partial charge in [0.1, 0.15) is 0 Å². The van der Waals surface area contributed by atoms with Gasteiger partial charge >= 0.3 is 0 Å². The highest BCUT2D eigenvalue weighted by Crippen LogP contribution is 2.17. The number of nitrogens with one attached hydrogen (secondary N) is 2. The molecule has 2 aromatic rings. The lowest BCUT2D eigenvalue weighted by molar-refractivity contribution is 0.203. The summed E-state index contributed by atoms with van der Waals surface area (Å²) in [5.74, 6) is 0.787. The summed E-state index contributed by atoms with van der Waals surface area (Å²) in [6.45, 7) is 2.15. The predicted octanol–water partition coefficient (Wildman–Crippen LogP) is 2.15. The molecule has 0 fully saturated rings. The molecule has 106 valence electrons. The Bertz CT molecular complexity index is 575. The minimum Gasteiger partial charge on any atom is -0.383 e. The van der Waals surface area contributed by atoms with E-state index in [1.807, 2.05) is 0 Å². The highest BCUT2D eigenvalue weighted by Gasteiger charge is 2.01. The van der Waals surface area contributed by atoms with E-state index in [0.717, 1.165) is 19.0 Å². The number of aliphatic imine (C=N–C) groups is 1. The molecule has 0 unspecified atom stereocenters. The Morgan fingerprint density at radius 1 is 1.10 bits per heavy atom. The molecule has 0 aliphatic heterocycles. The first-order valence-corrected chi connectivity index (χ1v) is 6.75. The Balaban J connectivity index is 2.01. The largest absolute Gasteiger partial charge is 0.383 e. The summed E-state index contributed by atoms with van der Waals surface area (Å²) in [6, 6.07) is 14.8. The second-order valence-corrected chi connectivity index (χ2v) is 4.48. The monoisotopic (exact) mass is 271 g/mol. The van der Waals surface area contributed by atoms with E-state index in [0.29, 0.717) is 6.61 Å². The van der Waals surface area contributed by atoms with E-state index in [2.05, 4.69) is 58.1 Å². The van der Waals surface area contributed by atoms with E-state index >= 15 is 0 Å². The molecule has 0 amide bonds. The number of guanidine groups is 1. The highest BCUT2D eigenvalue weighted by atomic mass is 16.5. The van der Waals surface area contributed by atoms with Gasteiger partial charge in [-0.2, -0.15) is 0 Å². The molecular formula is C16H21N3O. The molecule has 0 bridgehead atoms. The second kappa shape index (κ2) is 7.50. The maximum atomic E-state index is 5.01. The third kappa shape index (κ3) is 3.71. The fourth-order valence-corrected chi connectivity index (χ4v) is 2.12. The second-order valence-electron chi connectivity index (χ2n) is 4.48. The number of hydrogen-bond donors (Lipinski definition) is 2. The molecule has 2 rings (SSSR count). The van der Waals surface area contributed by atoms with Crippen LogP contribution in [-0.4, -0.2) is 33.3 Å². The van der Waals surface area contributed by atoms with Gasteiger partial charge < -0.3 is 15.4 Å². The number of hydrogen-bond acceptors (Lipinski definition) is 2. The van der Waals surface area contributed by atoms with Crippen LogP contribution in [0, 0.1) is 0 Å². The smallest absolute Gasteiger partial charge is 0.191 e. The van der Waals surface area contributed by atoms with Crippen LogP contribution >= 0.6 is 0 Å². The number of rotatable bonds is 5. The maximum absolute atomic E-state index is 5.01. The van der Waals surface area contributed by atoms with Crippen LogP contribution < -0.4 is 10.6 Å². The van der Waals surface area contributed by atoms with Crippen molar-refractivity contribution >= 4 is 16.7 Å². The molecule has 0 radical (unpaired) electrons. The summed E-state index contributed by atoms with van der Waals surface area (Å²) in [4.78, 5) is 4.19. The Kier molecular flexibility index (Phi) is 5.38. The zero-order valence-corrected chi connectivity index (χ0v) is 12.0. The van der Waals surface area contributed by atoms with Crippen LogP contribution in [0.15, 0.2) is 47.5 Å². The van der Waals surface area contributed by atoms with Crippen molar-refractivity contribution in [2.45, 2.75) is 6.54 Å². The standard InChI is InChI=1S/C16H21N3O/c1-17-16(18-10-11-20-2)19-12-14-8-5-7-13-6-3-4-9-15(13)14/h3-9H,10-12H2,1-2H3,(H2,17,18,19). The summed E-state index contributed by atoms with van der Waals surface area (Å²) >= 11 is 0. The third-order valence-corrected chi connectivity index (χ3v) is 3.15. The average Bonchev–Trinajstić information content (AvgIpc) is 2.50. The first kappa shape index (κ1) is 14.3. The van der Waals surface area contributed by atoms with Crippen molar-refractivity contribution in [1.29, 1.82) is 0 Å². The van der Waals surface area contributed by atoms with Gasteiger partial charge in [-0.3, -0.25) is 4.99 Å². The first-order valence-electron chi connectivity index (χ1n) is 6.75.